The molecule has 1 saturated heterocycles. The van der Waals surface area contributed by atoms with E-state index < -0.39 is 0 Å². The van der Waals surface area contributed by atoms with Crippen LogP contribution >= 0.6 is 0 Å². The normalized spacial score (nSPS) is 40.3. The van der Waals surface area contributed by atoms with Crippen molar-refractivity contribution < 1.29 is 14.3 Å². The number of amides is 1. The molecule has 1 heterocycles. The molecule has 19 heavy (non-hydrogen) atoms. The van der Waals surface area contributed by atoms with Crippen LogP contribution in [0.5, 0.6) is 0 Å². The molecule has 2 atom stereocenters. The van der Waals surface area contributed by atoms with Gasteiger partial charge in [0.15, 0.2) is 5.79 Å². The van der Waals surface area contributed by atoms with Crippen LogP contribution in [0.3, 0.4) is 0 Å². The van der Waals surface area contributed by atoms with Crippen molar-refractivity contribution in [1.82, 2.24) is 5.32 Å². The highest BCUT2D eigenvalue weighted by Crippen LogP contribution is 2.57. The van der Waals surface area contributed by atoms with Gasteiger partial charge in [-0.1, -0.05) is 6.42 Å². The summed E-state index contributed by atoms with van der Waals surface area (Å²) in [7, 11) is 0. The van der Waals surface area contributed by atoms with Crippen molar-refractivity contribution in [2.24, 2.45) is 17.8 Å². The zero-order chi connectivity index (χ0) is 12.9. The number of hydrogen-bond donors (Lipinski definition) is 1. The molecule has 0 aromatic rings. The van der Waals surface area contributed by atoms with E-state index >= 15 is 0 Å². The van der Waals surface area contributed by atoms with Crippen molar-refractivity contribution in [3.8, 4) is 0 Å². The average molecular weight is 265 g/mol. The first-order valence-electron chi connectivity index (χ1n) is 7.86. The Kier molecular flexibility index (Phi) is 2.85. The molecule has 4 rings (SSSR count). The lowest BCUT2D eigenvalue weighted by molar-refractivity contribution is -0.180. The molecule has 3 saturated carbocycles. The first kappa shape index (κ1) is 12.2. The van der Waals surface area contributed by atoms with Gasteiger partial charge in [0.25, 0.3) is 0 Å². The number of hydrogen-bond acceptors (Lipinski definition) is 3. The Bertz CT molecular complexity index is 358. The lowest BCUT2D eigenvalue weighted by Crippen LogP contribution is -2.44. The summed E-state index contributed by atoms with van der Waals surface area (Å²) >= 11 is 0. The lowest BCUT2D eigenvalue weighted by atomic mass is 9.90. The molecular formula is C15H23NO3. The van der Waals surface area contributed by atoms with E-state index in [1.807, 2.05) is 0 Å². The molecule has 3 aliphatic carbocycles. The van der Waals surface area contributed by atoms with Crippen LogP contribution < -0.4 is 5.32 Å². The molecule has 0 aromatic heterocycles. The Hall–Kier alpha value is -0.610. The van der Waals surface area contributed by atoms with Crippen LogP contribution in [0, 0.1) is 17.8 Å². The van der Waals surface area contributed by atoms with E-state index in [0.29, 0.717) is 17.9 Å². The molecule has 0 aromatic carbocycles. The molecule has 4 fully saturated rings. The predicted molar refractivity (Wildman–Crippen MR) is 69.4 cm³/mol. The van der Waals surface area contributed by atoms with Crippen LogP contribution in [0.1, 0.15) is 44.9 Å². The van der Waals surface area contributed by atoms with E-state index in [2.05, 4.69) is 5.32 Å². The second kappa shape index (κ2) is 4.45. The van der Waals surface area contributed by atoms with Crippen molar-refractivity contribution in [2.75, 3.05) is 13.2 Å². The van der Waals surface area contributed by atoms with Gasteiger partial charge in [-0.25, -0.2) is 0 Å². The molecule has 0 bridgehead atoms. The molecule has 1 spiro atoms. The number of rotatable bonds is 2. The first-order valence-corrected chi connectivity index (χ1v) is 7.86. The summed E-state index contributed by atoms with van der Waals surface area (Å²) in [6.45, 7) is 1.45. The predicted octanol–water partition coefficient (Wildman–Crippen LogP) is 1.83. The fraction of sp³-hybridized carbons (Fsp3) is 0.933. The Morgan fingerprint density at radius 1 is 1.00 bits per heavy atom. The van der Waals surface area contributed by atoms with Crippen LogP contribution in [-0.2, 0) is 14.3 Å². The van der Waals surface area contributed by atoms with Crippen LogP contribution in [-0.4, -0.2) is 30.9 Å². The van der Waals surface area contributed by atoms with Crippen molar-refractivity contribution in [3.63, 3.8) is 0 Å². The quantitative estimate of drug-likeness (QED) is 0.828. The van der Waals surface area contributed by atoms with Gasteiger partial charge >= 0.3 is 0 Å². The summed E-state index contributed by atoms with van der Waals surface area (Å²) in [6.07, 6.45) is 7.72. The van der Waals surface area contributed by atoms with Crippen LogP contribution in [0.15, 0.2) is 0 Å². The molecule has 0 radical (unpaired) electrons. The van der Waals surface area contributed by atoms with Gasteiger partial charge in [0.1, 0.15) is 0 Å². The maximum absolute atomic E-state index is 12.2. The summed E-state index contributed by atoms with van der Waals surface area (Å²) in [6, 6.07) is 0.340. The van der Waals surface area contributed by atoms with E-state index in [1.165, 1.54) is 19.3 Å². The highest BCUT2D eigenvalue weighted by Gasteiger charge is 2.56. The number of fused-ring (bicyclic) bond motifs is 1. The van der Waals surface area contributed by atoms with Crippen molar-refractivity contribution in [3.05, 3.63) is 0 Å². The number of ether oxygens (including phenoxy) is 2. The van der Waals surface area contributed by atoms with Crippen molar-refractivity contribution in [2.45, 2.75) is 56.8 Å². The third-order valence-corrected chi connectivity index (χ3v) is 5.62. The zero-order valence-electron chi connectivity index (χ0n) is 11.4. The maximum atomic E-state index is 12.2. The van der Waals surface area contributed by atoms with Crippen LogP contribution in [0.2, 0.25) is 0 Å². The Labute approximate surface area is 114 Å². The van der Waals surface area contributed by atoms with Gasteiger partial charge in [0.05, 0.1) is 13.2 Å². The summed E-state index contributed by atoms with van der Waals surface area (Å²) in [4.78, 5) is 12.2. The van der Waals surface area contributed by atoms with Gasteiger partial charge < -0.3 is 14.8 Å². The number of carbonyl (C=O) groups excluding carboxylic acids is 1. The molecule has 2 unspecified atom stereocenters. The number of carbonyl (C=O) groups is 1. The fourth-order valence-corrected chi connectivity index (χ4v) is 4.50. The SMILES string of the molecule is O=C(NC1CCC2(CC1)OCCO2)C1C2CCCC21. The molecule has 4 heteroatoms. The van der Waals surface area contributed by atoms with Gasteiger partial charge in [-0.3, -0.25) is 4.79 Å². The van der Waals surface area contributed by atoms with Gasteiger partial charge in [0, 0.05) is 24.8 Å². The van der Waals surface area contributed by atoms with Crippen LogP contribution in [0.4, 0.5) is 0 Å². The number of nitrogens with one attached hydrogen (secondary N) is 1. The monoisotopic (exact) mass is 265 g/mol. The van der Waals surface area contributed by atoms with Crippen LogP contribution in [0.25, 0.3) is 0 Å². The van der Waals surface area contributed by atoms with Gasteiger partial charge in [-0.2, -0.15) is 0 Å². The van der Waals surface area contributed by atoms with E-state index in [-0.39, 0.29) is 5.79 Å². The minimum atomic E-state index is -0.308. The third kappa shape index (κ3) is 2.09. The largest absolute Gasteiger partial charge is 0.353 e. The van der Waals surface area contributed by atoms with E-state index in [0.717, 1.165) is 50.7 Å². The Morgan fingerprint density at radius 2 is 1.63 bits per heavy atom. The minimum absolute atomic E-state index is 0.308. The molecule has 106 valence electrons. The zero-order valence-corrected chi connectivity index (χ0v) is 11.4. The highest BCUT2D eigenvalue weighted by molar-refractivity contribution is 5.82. The van der Waals surface area contributed by atoms with E-state index in [1.54, 1.807) is 0 Å². The summed E-state index contributed by atoms with van der Waals surface area (Å²) < 4.78 is 11.4. The molecule has 1 amide bonds. The maximum Gasteiger partial charge on any atom is 0.223 e. The fourth-order valence-electron chi connectivity index (χ4n) is 4.50. The van der Waals surface area contributed by atoms with E-state index in [9.17, 15) is 4.79 Å². The molecule has 4 nitrogen and oxygen atoms in total. The molecule has 1 N–H and O–H groups in total. The smallest absolute Gasteiger partial charge is 0.223 e. The topological polar surface area (TPSA) is 47.6 Å². The molecular weight excluding hydrogens is 242 g/mol. The second-order valence-corrected chi connectivity index (χ2v) is 6.67. The summed E-state index contributed by atoms with van der Waals surface area (Å²) in [5.74, 6) is 1.80. The molecule has 1 aliphatic heterocycles. The van der Waals surface area contributed by atoms with Gasteiger partial charge in [-0.05, 0) is 37.5 Å². The highest BCUT2D eigenvalue weighted by atomic mass is 16.7. The Morgan fingerprint density at radius 3 is 2.26 bits per heavy atom. The van der Waals surface area contributed by atoms with Crippen molar-refractivity contribution in [1.29, 1.82) is 0 Å². The minimum Gasteiger partial charge on any atom is -0.353 e. The van der Waals surface area contributed by atoms with Gasteiger partial charge in [0.2, 0.25) is 5.91 Å². The lowest BCUT2D eigenvalue weighted by Gasteiger charge is -2.35. The average Bonchev–Trinajstić information content (AvgIpc) is 2.82. The van der Waals surface area contributed by atoms with Crippen molar-refractivity contribution >= 4 is 5.91 Å². The standard InChI is InChI=1S/C15H23NO3/c17-14(13-11-2-1-3-12(11)13)16-10-4-6-15(7-5-10)18-8-9-19-15/h10-13H,1-9H2,(H,16,17). The van der Waals surface area contributed by atoms with Gasteiger partial charge in [-0.15, -0.1) is 0 Å². The molecule has 4 aliphatic rings. The Balaban J connectivity index is 1.27. The second-order valence-electron chi connectivity index (χ2n) is 6.67. The third-order valence-electron chi connectivity index (χ3n) is 5.62. The van der Waals surface area contributed by atoms with E-state index in [4.69, 9.17) is 9.47 Å². The summed E-state index contributed by atoms with van der Waals surface area (Å²) in [5.41, 5.74) is 0. The first-order chi connectivity index (χ1) is 9.27. The summed E-state index contributed by atoms with van der Waals surface area (Å²) in [5, 5.41) is 3.27.